The molecular weight excluding hydrogens is 228 g/mol. The third kappa shape index (κ3) is 2.89. The SMILES string of the molecule is CNCC(=O)N1CCO[C@@H](c2ccccc2C)C1. The van der Waals surface area contributed by atoms with Gasteiger partial charge >= 0.3 is 0 Å². The average molecular weight is 248 g/mol. The van der Waals surface area contributed by atoms with Crippen LogP contribution in [0.15, 0.2) is 24.3 Å². The normalized spacial score (nSPS) is 19.9. The third-order valence-corrected chi connectivity index (χ3v) is 3.28. The fourth-order valence-corrected chi connectivity index (χ4v) is 2.28. The lowest BCUT2D eigenvalue weighted by Gasteiger charge is -2.33. The number of amides is 1. The Morgan fingerprint density at radius 2 is 2.28 bits per heavy atom. The lowest BCUT2D eigenvalue weighted by Crippen LogP contribution is -2.45. The molecule has 1 N–H and O–H groups in total. The van der Waals surface area contributed by atoms with Gasteiger partial charge in [-0.05, 0) is 25.1 Å². The minimum absolute atomic E-state index is 0.000700. The Kier molecular flexibility index (Phi) is 4.33. The molecule has 98 valence electrons. The number of morpholine rings is 1. The van der Waals surface area contributed by atoms with Gasteiger partial charge in [-0.1, -0.05) is 24.3 Å². The first-order chi connectivity index (χ1) is 8.72. The molecule has 1 saturated heterocycles. The second-order valence-corrected chi connectivity index (χ2v) is 4.59. The molecule has 1 aromatic carbocycles. The van der Waals surface area contributed by atoms with Crippen LogP contribution in [-0.4, -0.2) is 44.1 Å². The first kappa shape index (κ1) is 13.1. The van der Waals surface area contributed by atoms with Gasteiger partial charge in [-0.25, -0.2) is 0 Å². The van der Waals surface area contributed by atoms with Crippen LogP contribution in [0.3, 0.4) is 0 Å². The van der Waals surface area contributed by atoms with Crippen molar-refractivity contribution >= 4 is 5.91 Å². The van der Waals surface area contributed by atoms with Crippen molar-refractivity contribution in [1.82, 2.24) is 10.2 Å². The number of hydrogen-bond donors (Lipinski definition) is 1. The first-order valence-corrected chi connectivity index (χ1v) is 6.32. The zero-order valence-electron chi connectivity index (χ0n) is 11.0. The Labute approximate surface area is 108 Å². The summed E-state index contributed by atoms with van der Waals surface area (Å²) >= 11 is 0. The van der Waals surface area contributed by atoms with Crippen molar-refractivity contribution in [2.75, 3.05) is 33.3 Å². The first-order valence-electron chi connectivity index (χ1n) is 6.32. The number of carbonyl (C=O) groups excluding carboxylic acids is 1. The number of ether oxygens (including phenoxy) is 1. The summed E-state index contributed by atoms with van der Waals surface area (Å²) in [7, 11) is 1.79. The molecule has 2 rings (SSSR count). The van der Waals surface area contributed by atoms with Crippen LogP contribution in [0, 0.1) is 6.92 Å². The maximum absolute atomic E-state index is 11.9. The van der Waals surface area contributed by atoms with Crippen molar-refractivity contribution in [3.63, 3.8) is 0 Å². The fraction of sp³-hybridized carbons (Fsp3) is 0.500. The van der Waals surface area contributed by atoms with E-state index in [0.717, 1.165) is 0 Å². The summed E-state index contributed by atoms with van der Waals surface area (Å²) in [4.78, 5) is 13.7. The van der Waals surface area contributed by atoms with Gasteiger partial charge in [-0.15, -0.1) is 0 Å². The van der Waals surface area contributed by atoms with E-state index in [4.69, 9.17) is 4.74 Å². The molecule has 0 bridgehead atoms. The highest BCUT2D eigenvalue weighted by atomic mass is 16.5. The molecule has 1 aliphatic heterocycles. The average Bonchev–Trinajstić information content (AvgIpc) is 2.40. The molecule has 1 heterocycles. The lowest BCUT2D eigenvalue weighted by atomic mass is 10.0. The van der Waals surface area contributed by atoms with E-state index in [9.17, 15) is 4.79 Å². The van der Waals surface area contributed by atoms with Crippen molar-refractivity contribution in [2.24, 2.45) is 0 Å². The molecule has 0 radical (unpaired) electrons. The zero-order valence-corrected chi connectivity index (χ0v) is 11.0. The van der Waals surface area contributed by atoms with Crippen LogP contribution in [0.1, 0.15) is 17.2 Å². The molecule has 1 atom stereocenters. The molecule has 18 heavy (non-hydrogen) atoms. The monoisotopic (exact) mass is 248 g/mol. The molecular formula is C14H20N2O2. The van der Waals surface area contributed by atoms with Gasteiger partial charge < -0.3 is 15.0 Å². The predicted octanol–water partition coefficient (Wildman–Crippen LogP) is 1.11. The molecule has 0 spiro atoms. The third-order valence-electron chi connectivity index (χ3n) is 3.28. The number of likely N-dealkylation sites (N-methyl/N-ethyl adjacent to an activating group) is 1. The van der Waals surface area contributed by atoms with Crippen molar-refractivity contribution in [3.8, 4) is 0 Å². The number of rotatable bonds is 3. The number of hydrogen-bond acceptors (Lipinski definition) is 3. The summed E-state index contributed by atoms with van der Waals surface area (Å²) in [5.41, 5.74) is 2.39. The van der Waals surface area contributed by atoms with Crippen molar-refractivity contribution < 1.29 is 9.53 Å². The highest BCUT2D eigenvalue weighted by molar-refractivity contribution is 5.78. The fourth-order valence-electron chi connectivity index (χ4n) is 2.28. The Hall–Kier alpha value is -1.39. The molecule has 1 aromatic rings. The van der Waals surface area contributed by atoms with E-state index in [-0.39, 0.29) is 12.0 Å². The van der Waals surface area contributed by atoms with Crippen molar-refractivity contribution in [1.29, 1.82) is 0 Å². The summed E-state index contributed by atoms with van der Waals surface area (Å²) in [6.07, 6.45) is 0.000700. The van der Waals surface area contributed by atoms with Gasteiger partial charge in [-0.3, -0.25) is 4.79 Å². The number of benzene rings is 1. The van der Waals surface area contributed by atoms with E-state index in [1.54, 1.807) is 7.05 Å². The van der Waals surface area contributed by atoms with Crippen LogP contribution in [-0.2, 0) is 9.53 Å². The van der Waals surface area contributed by atoms with E-state index < -0.39 is 0 Å². The molecule has 1 aliphatic rings. The smallest absolute Gasteiger partial charge is 0.236 e. The summed E-state index contributed by atoms with van der Waals surface area (Å²) in [5, 5.41) is 2.90. The second kappa shape index (κ2) is 5.98. The van der Waals surface area contributed by atoms with Gasteiger partial charge in [-0.2, -0.15) is 0 Å². The number of carbonyl (C=O) groups is 1. The molecule has 1 amide bonds. The van der Waals surface area contributed by atoms with Crippen LogP contribution >= 0.6 is 0 Å². The summed E-state index contributed by atoms with van der Waals surface area (Å²) in [6, 6.07) is 8.19. The van der Waals surface area contributed by atoms with Crippen LogP contribution in [0.4, 0.5) is 0 Å². The highest BCUT2D eigenvalue weighted by Gasteiger charge is 2.25. The summed E-state index contributed by atoms with van der Waals surface area (Å²) in [6.45, 7) is 4.40. The number of aryl methyl sites for hydroxylation is 1. The van der Waals surface area contributed by atoms with E-state index in [1.807, 2.05) is 17.0 Å². The van der Waals surface area contributed by atoms with Gasteiger partial charge in [0.2, 0.25) is 5.91 Å². The summed E-state index contributed by atoms with van der Waals surface area (Å²) < 4.78 is 5.79. The Morgan fingerprint density at radius 3 is 3.00 bits per heavy atom. The molecule has 4 heteroatoms. The van der Waals surface area contributed by atoms with E-state index in [1.165, 1.54) is 11.1 Å². The van der Waals surface area contributed by atoms with Crippen LogP contribution < -0.4 is 5.32 Å². The van der Waals surface area contributed by atoms with Crippen molar-refractivity contribution in [3.05, 3.63) is 35.4 Å². The lowest BCUT2D eigenvalue weighted by molar-refractivity contribution is -0.137. The highest BCUT2D eigenvalue weighted by Crippen LogP contribution is 2.24. The Bertz CT molecular complexity index is 420. The maximum Gasteiger partial charge on any atom is 0.236 e. The predicted molar refractivity (Wildman–Crippen MR) is 70.4 cm³/mol. The minimum Gasteiger partial charge on any atom is -0.370 e. The Balaban J connectivity index is 2.07. The molecule has 0 unspecified atom stereocenters. The Morgan fingerprint density at radius 1 is 1.50 bits per heavy atom. The van der Waals surface area contributed by atoms with Crippen LogP contribution in [0.5, 0.6) is 0 Å². The van der Waals surface area contributed by atoms with Gasteiger partial charge in [0.15, 0.2) is 0 Å². The minimum atomic E-state index is 0.000700. The van der Waals surface area contributed by atoms with Crippen LogP contribution in [0.2, 0.25) is 0 Å². The molecule has 0 saturated carbocycles. The molecule has 4 nitrogen and oxygen atoms in total. The van der Waals surface area contributed by atoms with Gasteiger partial charge in [0.25, 0.3) is 0 Å². The van der Waals surface area contributed by atoms with E-state index >= 15 is 0 Å². The maximum atomic E-state index is 11.9. The number of nitrogens with one attached hydrogen (secondary N) is 1. The standard InChI is InChI=1S/C14H20N2O2/c1-11-5-3-4-6-12(11)13-10-16(7-8-18-13)14(17)9-15-2/h3-6,13,15H,7-10H2,1-2H3/t13-/m1/s1. The molecule has 0 aromatic heterocycles. The van der Waals surface area contributed by atoms with Gasteiger partial charge in [0.05, 0.1) is 19.7 Å². The topological polar surface area (TPSA) is 41.6 Å². The quantitative estimate of drug-likeness (QED) is 0.871. The van der Waals surface area contributed by atoms with E-state index in [0.29, 0.717) is 26.2 Å². The second-order valence-electron chi connectivity index (χ2n) is 4.59. The zero-order chi connectivity index (χ0) is 13.0. The largest absolute Gasteiger partial charge is 0.370 e. The van der Waals surface area contributed by atoms with Crippen LogP contribution in [0.25, 0.3) is 0 Å². The number of nitrogens with zero attached hydrogens (tertiary/aromatic N) is 1. The van der Waals surface area contributed by atoms with Crippen molar-refractivity contribution in [2.45, 2.75) is 13.0 Å². The summed E-state index contributed by atoms with van der Waals surface area (Å²) in [5.74, 6) is 0.138. The van der Waals surface area contributed by atoms with Gasteiger partial charge in [0.1, 0.15) is 6.10 Å². The van der Waals surface area contributed by atoms with E-state index in [2.05, 4.69) is 24.4 Å². The molecule has 0 aliphatic carbocycles. The van der Waals surface area contributed by atoms with Gasteiger partial charge in [0, 0.05) is 6.54 Å². The molecule has 1 fully saturated rings.